The van der Waals surface area contributed by atoms with Crippen LogP contribution >= 0.6 is 0 Å². The molecule has 33 heavy (non-hydrogen) atoms. The van der Waals surface area contributed by atoms with Crippen molar-refractivity contribution in [3.8, 4) is 0 Å². The second kappa shape index (κ2) is 9.82. The Morgan fingerprint density at radius 1 is 0.788 bits per heavy atom. The minimum absolute atomic E-state index is 0.0395. The van der Waals surface area contributed by atoms with Crippen molar-refractivity contribution in [2.75, 3.05) is 0 Å². The monoisotopic (exact) mass is 450 g/mol. The van der Waals surface area contributed by atoms with Gasteiger partial charge in [-0.3, -0.25) is 4.79 Å². The zero-order valence-corrected chi connectivity index (χ0v) is 17.4. The topological polar surface area (TPSA) is 138 Å². The summed E-state index contributed by atoms with van der Waals surface area (Å²) in [5.74, 6) is -3.40. The number of aliphatic carboxylic acids is 1. The van der Waals surface area contributed by atoms with Crippen LogP contribution in [0.2, 0.25) is 0 Å². The molecule has 0 aliphatic carbocycles. The van der Waals surface area contributed by atoms with Crippen LogP contribution in [0.5, 0.6) is 0 Å². The molecule has 1 aromatic heterocycles. The summed E-state index contributed by atoms with van der Waals surface area (Å²) in [5.41, 5.74) is 2.13. The number of rotatable bonds is 5. The number of fused-ring (bicyclic) bond motifs is 2. The second-order valence-corrected chi connectivity index (χ2v) is 7.23. The number of nitrogens with zero attached hydrogens (tertiary/aromatic N) is 2. The summed E-state index contributed by atoms with van der Waals surface area (Å²) in [4.78, 5) is 41.2. The van der Waals surface area contributed by atoms with E-state index < -0.39 is 17.9 Å². The van der Waals surface area contributed by atoms with Crippen molar-refractivity contribution >= 4 is 40.0 Å². The lowest BCUT2D eigenvalue weighted by atomic mass is 9.98. The van der Waals surface area contributed by atoms with Crippen LogP contribution in [0.15, 0.2) is 60.7 Å². The third kappa shape index (κ3) is 5.45. The zero-order chi connectivity index (χ0) is 24.1. The lowest BCUT2D eigenvalue weighted by Crippen LogP contribution is -2.03. The summed E-state index contributed by atoms with van der Waals surface area (Å²) in [7, 11) is 0. The van der Waals surface area contributed by atoms with E-state index in [1.807, 2.05) is 0 Å². The summed E-state index contributed by atoms with van der Waals surface area (Å²) in [6.07, 6.45) is 0.0750. The number of carbonyl (C=O) groups is 3. The van der Waals surface area contributed by atoms with Crippen LogP contribution in [0, 0.1) is 5.82 Å². The number of aromatic carboxylic acids is 2. The molecule has 0 spiro atoms. The lowest BCUT2D eigenvalue weighted by molar-refractivity contribution is -0.137. The second-order valence-electron chi connectivity index (χ2n) is 7.23. The summed E-state index contributed by atoms with van der Waals surface area (Å²) in [6.45, 7) is 1.81. The molecule has 0 aliphatic heterocycles. The number of aromatic nitrogens is 2. The predicted octanol–water partition coefficient (Wildman–Crippen LogP) is 4.58. The van der Waals surface area contributed by atoms with E-state index in [-0.39, 0.29) is 40.3 Å². The first kappa shape index (κ1) is 23.3. The highest BCUT2D eigenvalue weighted by Crippen LogP contribution is 2.22. The smallest absolute Gasteiger partial charge is 0.337 e. The van der Waals surface area contributed by atoms with Crippen LogP contribution in [0.3, 0.4) is 0 Å². The van der Waals surface area contributed by atoms with Gasteiger partial charge in [0.05, 0.1) is 28.6 Å². The molecule has 0 saturated carbocycles. The van der Waals surface area contributed by atoms with Crippen LogP contribution in [0.25, 0.3) is 22.1 Å². The maximum Gasteiger partial charge on any atom is 0.337 e. The fourth-order valence-corrected chi connectivity index (χ4v) is 3.24. The Kier molecular flexibility index (Phi) is 6.92. The van der Waals surface area contributed by atoms with Crippen LogP contribution in [-0.4, -0.2) is 43.2 Å². The fraction of sp³-hybridized carbons (Fsp3) is 0.125. The molecule has 0 radical (unpaired) electrons. The van der Waals surface area contributed by atoms with Crippen molar-refractivity contribution < 1.29 is 34.1 Å². The number of hydrogen-bond donors (Lipinski definition) is 3. The average molecular weight is 450 g/mol. The Bertz CT molecular complexity index is 1280. The number of hydrogen-bond acceptors (Lipinski definition) is 5. The van der Waals surface area contributed by atoms with Gasteiger partial charge in [-0.15, -0.1) is 0 Å². The highest BCUT2D eigenvalue weighted by Gasteiger charge is 2.15. The highest BCUT2D eigenvalue weighted by atomic mass is 19.1. The lowest BCUT2D eigenvalue weighted by Gasteiger charge is -2.07. The Morgan fingerprint density at radius 2 is 1.24 bits per heavy atom. The van der Waals surface area contributed by atoms with Gasteiger partial charge in [-0.2, -0.15) is 0 Å². The van der Waals surface area contributed by atoms with Gasteiger partial charge in [0.2, 0.25) is 0 Å². The van der Waals surface area contributed by atoms with Gasteiger partial charge in [0.15, 0.2) is 0 Å². The standard InChI is InChI=1S/C14H8N2O4.C10H11FO2/c17-13(18)7-3-1-5-9-11(7)16-10-6-2-4-8(14(19)20)12(10)15-9;1-7(6-10(12)13)8-2-4-9(11)5-3-8/h1-6H,(H,17,18)(H,19,20);2-5,7H,6H2,1H3,(H,12,13). The molecule has 1 unspecified atom stereocenters. The molecule has 168 valence electrons. The summed E-state index contributed by atoms with van der Waals surface area (Å²) >= 11 is 0. The first-order valence-corrected chi connectivity index (χ1v) is 9.80. The number of carboxylic acid groups (broad SMARTS) is 3. The number of benzene rings is 3. The zero-order valence-electron chi connectivity index (χ0n) is 17.4. The minimum atomic E-state index is -1.10. The Morgan fingerprint density at radius 3 is 1.64 bits per heavy atom. The van der Waals surface area contributed by atoms with E-state index in [4.69, 9.17) is 15.3 Å². The first-order chi connectivity index (χ1) is 15.7. The maximum atomic E-state index is 12.5. The van der Waals surface area contributed by atoms with Gasteiger partial charge in [-0.05, 0) is 47.9 Å². The quantitative estimate of drug-likeness (QED) is 0.376. The van der Waals surface area contributed by atoms with E-state index in [1.165, 1.54) is 24.3 Å². The molecule has 0 fully saturated rings. The molecular weight excluding hydrogens is 431 g/mol. The summed E-state index contributed by atoms with van der Waals surface area (Å²) in [5, 5.41) is 26.8. The molecule has 8 nitrogen and oxygen atoms in total. The van der Waals surface area contributed by atoms with Gasteiger partial charge in [0.1, 0.15) is 16.9 Å². The SMILES string of the molecule is CC(CC(=O)O)c1ccc(F)cc1.O=C(O)c1cccc2nc3c(C(=O)O)cccc3nc12. The number of halogens is 1. The van der Waals surface area contributed by atoms with E-state index in [1.54, 1.807) is 43.3 Å². The Hall–Kier alpha value is -4.40. The molecule has 3 N–H and O–H groups in total. The van der Waals surface area contributed by atoms with Crippen molar-refractivity contribution in [2.24, 2.45) is 0 Å². The molecule has 0 aliphatic rings. The molecule has 0 amide bonds. The van der Waals surface area contributed by atoms with Gasteiger partial charge in [0, 0.05) is 0 Å². The Balaban J connectivity index is 0.000000205. The van der Waals surface area contributed by atoms with E-state index >= 15 is 0 Å². The van der Waals surface area contributed by atoms with Gasteiger partial charge < -0.3 is 15.3 Å². The molecule has 0 bridgehead atoms. The molecular formula is C24H19FN2O6. The summed E-state index contributed by atoms with van der Waals surface area (Å²) < 4.78 is 12.5. The van der Waals surface area contributed by atoms with Crippen LogP contribution in [-0.2, 0) is 4.79 Å². The predicted molar refractivity (Wildman–Crippen MR) is 118 cm³/mol. The van der Waals surface area contributed by atoms with Crippen molar-refractivity contribution in [1.29, 1.82) is 0 Å². The molecule has 3 aromatic carbocycles. The number of carboxylic acids is 3. The third-order valence-corrected chi connectivity index (χ3v) is 4.87. The molecule has 9 heteroatoms. The van der Waals surface area contributed by atoms with Crippen molar-refractivity contribution in [3.05, 3.63) is 83.2 Å². The van der Waals surface area contributed by atoms with Crippen molar-refractivity contribution in [1.82, 2.24) is 9.97 Å². The molecule has 4 rings (SSSR count). The summed E-state index contributed by atoms with van der Waals surface area (Å²) in [6, 6.07) is 15.1. The van der Waals surface area contributed by atoms with Crippen molar-refractivity contribution in [3.63, 3.8) is 0 Å². The maximum absolute atomic E-state index is 12.5. The van der Waals surface area contributed by atoms with Crippen LogP contribution < -0.4 is 0 Å². The normalized spacial score (nSPS) is 11.5. The molecule has 0 saturated heterocycles. The van der Waals surface area contributed by atoms with E-state index in [0.717, 1.165) is 5.56 Å². The van der Waals surface area contributed by atoms with Crippen LogP contribution in [0.1, 0.15) is 45.5 Å². The molecule has 4 aromatic rings. The minimum Gasteiger partial charge on any atom is -0.481 e. The van der Waals surface area contributed by atoms with E-state index in [0.29, 0.717) is 11.0 Å². The van der Waals surface area contributed by atoms with E-state index in [9.17, 15) is 18.8 Å². The first-order valence-electron chi connectivity index (χ1n) is 9.80. The van der Waals surface area contributed by atoms with Gasteiger partial charge in [-0.1, -0.05) is 31.2 Å². The van der Waals surface area contributed by atoms with Crippen LogP contribution in [0.4, 0.5) is 4.39 Å². The third-order valence-electron chi connectivity index (χ3n) is 4.87. The van der Waals surface area contributed by atoms with E-state index in [2.05, 4.69) is 9.97 Å². The van der Waals surface area contributed by atoms with Crippen molar-refractivity contribution in [2.45, 2.75) is 19.3 Å². The highest BCUT2D eigenvalue weighted by molar-refractivity contribution is 6.06. The number of para-hydroxylation sites is 2. The van der Waals surface area contributed by atoms with Gasteiger partial charge in [0.25, 0.3) is 0 Å². The van der Waals surface area contributed by atoms with Gasteiger partial charge >= 0.3 is 17.9 Å². The molecule has 1 atom stereocenters. The largest absolute Gasteiger partial charge is 0.481 e. The van der Waals surface area contributed by atoms with Gasteiger partial charge in [-0.25, -0.2) is 23.9 Å². The fourth-order valence-electron chi connectivity index (χ4n) is 3.24. The Labute approximate surface area is 187 Å². The molecule has 1 heterocycles. The average Bonchev–Trinajstić information content (AvgIpc) is 2.77.